The Morgan fingerprint density at radius 1 is 0.667 bits per heavy atom. The van der Waals surface area contributed by atoms with Gasteiger partial charge in [0.2, 0.25) is 23.5 Å². The van der Waals surface area contributed by atoms with Crippen LogP contribution in [-0.4, -0.2) is 54.7 Å². The highest BCUT2D eigenvalue weighted by atomic mass is 16.5. The van der Waals surface area contributed by atoms with Crippen molar-refractivity contribution in [2.45, 2.75) is 0 Å². The van der Waals surface area contributed by atoms with Gasteiger partial charge in [0.05, 0.1) is 46.1 Å². The highest BCUT2D eigenvalue weighted by molar-refractivity contribution is 5.84. The molecule has 11 nitrogen and oxygen atoms in total. The maximum atomic E-state index is 11.8. The summed E-state index contributed by atoms with van der Waals surface area (Å²) in [4.78, 5) is 28.1. The zero-order valence-electron chi connectivity index (χ0n) is 16.6. The lowest BCUT2D eigenvalue weighted by molar-refractivity contribution is 0.111. The Balaban J connectivity index is 1.95. The van der Waals surface area contributed by atoms with Gasteiger partial charge in [0, 0.05) is 0 Å². The van der Waals surface area contributed by atoms with Crippen LogP contribution < -0.4 is 28.4 Å². The summed E-state index contributed by atoms with van der Waals surface area (Å²) in [5, 5.41) is 0. The second kappa shape index (κ2) is 9.37. The standard InChI is InChI=1S/C19H18N4O7/c1-25-14-8-15(26-2)21-18(20-14)29-12-6-5-7-13(11(12)10-24)30-19-22-16(27-3)9-17(23-19)28-4/h5-10H,1-4H3. The molecular formula is C19H18N4O7. The molecule has 3 aromatic rings. The molecule has 0 aliphatic carbocycles. The molecule has 3 rings (SSSR count). The third-order valence-corrected chi connectivity index (χ3v) is 3.70. The van der Waals surface area contributed by atoms with E-state index in [1.54, 1.807) is 18.2 Å². The molecule has 2 aromatic heterocycles. The lowest BCUT2D eigenvalue weighted by Gasteiger charge is -2.12. The van der Waals surface area contributed by atoms with E-state index in [1.807, 2.05) is 0 Å². The Hall–Kier alpha value is -4.15. The molecule has 0 saturated carbocycles. The van der Waals surface area contributed by atoms with Crippen molar-refractivity contribution in [2.24, 2.45) is 0 Å². The van der Waals surface area contributed by atoms with Crippen LogP contribution in [0, 0.1) is 0 Å². The molecule has 0 unspecified atom stereocenters. The number of rotatable bonds is 9. The number of hydrogen-bond donors (Lipinski definition) is 0. The van der Waals surface area contributed by atoms with Gasteiger partial charge < -0.3 is 28.4 Å². The number of carbonyl (C=O) groups is 1. The number of benzene rings is 1. The van der Waals surface area contributed by atoms with Crippen LogP contribution in [0.2, 0.25) is 0 Å². The minimum atomic E-state index is -0.0780. The van der Waals surface area contributed by atoms with Gasteiger partial charge in [-0.25, -0.2) is 0 Å². The summed E-state index contributed by atoms with van der Waals surface area (Å²) < 4.78 is 31.7. The van der Waals surface area contributed by atoms with Crippen molar-refractivity contribution < 1.29 is 33.2 Å². The van der Waals surface area contributed by atoms with Crippen LogP contribution in [-0.2, 0) is 0 Å². The van der Waals surface area contributed by atoms with Crippen LogP contribution in [0.3, 0.4) is 0 Å². The van der Waals surface area contributed by atoms with Gasteiger partial charge in [-0.1, -0.05) is 6.07 Å². The molecule has 1 aromatic carbocycles. The molecule has 156 valence electrons. The Bertz CT molecular complexity index is 925. The number of hydrogen-bond acceptors (Lipinski definition) is 11. The summed E-state index contributed by atoms with van der Waals surface area (Å²) in [5.41, 5.74) is 0.0910. The fraction of sp³-hybridized carbons (Fsp3) is 0.211. The minimum absolute atomic E-state index is 0.0780. The third-order valence-electron chi connectivity index (χ3n) is 3.70. The number of aldehydes is 1. The van der Waals surface area contributed by atoms with E-state index in [0.717, 1.165) is 0 Å². The Kier molecular flexibility index (Phi) is 6.42. The van der Waals surface area contributed by atoms with E-state index in [0.29, 0.717) is 6.29 Å². The maximum absolute atomic E-state index is 11.8. The smallest absolute Gasteiger partial charge is 0.328 e. The third kappa shape index (κ3) is 4.63. The topological polar surface area (TPSA) is 124 Å². The van der Waals surface area contributed by atoms with E-state index >= 15 is 0 Å². The second-order valence-corrected chi connectivity index (χ2v) is 5.46. The van der Waals surface area contributed by atoms with Gasteiger partial charge in [0.15, 0.2) is 6.29 Å². The van der Waals surface area contributed by atoms with E-state index in [4.69, 9.17) is 28.4 Å². The monoisotopic (exact) mass is 414 g/mol. The van der Waals surface area contributed by atoms with Gasteiger partial charge in [0.1, 0.15) is 11.5 Å². The fourth-order valence-electron chi connectivity index (χ4n) is 2.29. The first-order valence-electron chi connectivity index (χ1n) is 8.48. The number of aromatic nitrogens is 4. The first-order valence-corrected chi connectivity index (χ1v) is 8.48. The van der Waals surface area contributed by atoms with Gasteiger partial charge in [-0.05, 0) is 12.1 Å². The number of carbonyl (C=O) groups excluding carboxylic acids is 1. The van der Waals surface area contributed by atoms with Gasteiger partial charge in [-0.2, -0.15) is 19.9 Å². The van der Waals surface area contributed by atoms with Crippen LogP contribution in [0.5, 0.6) is 47.0 Å². The van der Waals surface area contributed by atoms with Crippen LogP contribution in [0.1, 0.15) is 10.4 Å². The van der Waals surface area contributed by atoms with Gasteiger partial charge in [-0.3, -0.25) is 4.79 Å². The normalized spacial score (nSPS) is 10.1. The first kappa shape index (κ1) is 20.6. The molecule has 0 aliphatic heterocycles. The molecular weight excluding hydrogens is 396 g/mol. The summed E-state index contributed by atoms with van der Waals surface area (Å²) >= 11 is 0. The molecule has 0 aliphatic rings. The Labute approximate surface area is 171 Å². The molecule has 2 heterocycles. The number of methoxy groups -OCH3 is 4. The molecule has 0 bridgehead atoms. The average Bonchev–Trinajstić information content (AvgIpc) is 2.78. The molecule has 11 heteroatoms. The Morgan fingerprint density at radius 2 is 1.03 bits per heavy atom. The van der Waals surface area contributed by atoms with E-state index in [9.17, 15) is 4.79 Å². The van der Waals surface area contributed by atoms with E-state index in [-0.39, 0.29) is 52.6 Å². The zero-order chi connectivity index (χ0) is 21.5. The van der Waals surface area contributed by atoms with Crippen molar-refractivity contribution in [3.8, 4) is 47.0 Å². The minimum Gasteiger partial charge on any atom is -0.481 e. The van der Waals surface area contributed by atoms with Crippen LogP contribution in [0.25, 0.3) is 0 Å². The first-order chi connectivity index (χ1) is 14.6. The largest absolute Gasteiger partial charge is 0.481 e. The Morgan fingerprint density at radius 3 is 1.33 bits per heavy atom. The fourth-order valence-corrected chi connectivity index (χ4v) is 2.29. The predicted molar refractivity (Wildman–Crippen MR) is 102 cm³/mol. The number of ether oxygens (including phenoxy) is 6. The molecule has 0 fully saturated rings. The van der Waals surface area contributed by atoms with E-state index in [1.165, 1.54) is 40.6 Å². The van der Waals surface area contributed by atoms with Crippen molar-refractivity contribution >= 4 is 6.29 Å². The summed E-state index contributed by atoms with van der Waals surface area (Å²) in [6.07, 6.45) is 0.569. The molecule has 0 atom stereocenters. The van der Waals surface area contributed by atoms with E-state index < -0.39 is 0 Å². The molecule has 30 heavy (non-hydrogen) atoms. The maximum Gasteiger partial charge on any atom is 0.328 e. The van der Waals surface area contributed by atoms with Crippen molar-refractivity contribution in [1.29, 1.82) is 0 Å². The van der Waals surface area contributed by atoms with Crippen molar-refractivity contribution in [3.05, 3.63) is 35.9 Å². The second-order valence-electron chi connectivity index (χ2n) is 5.46. The van der Waals surface area contributed by atoms with E-state index in [2.05, 4.69) is 19.9 Å². The van der Waals surface area contributed by atoms with Crippen molar-refractivity contribution in [3.63, 3.8) is 0 Å². The van der Waals surface area contributed by atoms with Crippen LogP contribution in [0.15, 0.2) is 30.3 Å². The molecule has 0 amide bonds. The van der Waals surface area contributed by atoms with Gasteiger partial charge >= 0.3 is 12.0 Å². The summed E-state index contributed by atoms with van der Waals surface area (Å²) in [7, 11) is 5.77. The zero-order valence-corrected chi connectivity index (χ0v) is 16.6. The number of nitrogens with zero attached hydrogens (tertiary/aromatic N) is 4. The van der Waals surface area contributed by atoms with Gasteiger partial charge in [-0.15, -0.1) is 0 Å². The lowest BCUT2D eigenvalue weighted by Crippen LogP contribution is -2.02. The van der Waals surface area contributed by atoms with Crippen molar-refractivity contribution in [2.75, 3.05) is 28.4 Å². The summed E-state index contributed by atoms with van der Waals surface area (Å²) in [6, 6.07) is 7.54. The summed E-state index contributed by atoms with van der Waals surface area (Å²) in [5.74, 6) is 1.21. The molecule has 0 N–H and O–H groups in total. The lowest BCUT2D eigenvalue weighted by atomic mass is 10.2. The summed E-state index contributed by atoms with van der Waals surface area (Å²) in [6.45, 7) is 0. The average molecular weight is 414 g/mol. The van der Waals surface area contributed by atoms with Gasteiger partial charge in [0.25, 0.3) is 0 Å². The quantitative estimate of drug-likeness (QED) is 0.480. The highest BCUT2D eigenvalue weighted by Gasteiger charge is 2.16. The molecule has 0 spiro atoms. The van der Waals surface area contributed by atoms with Crippen molar-refractivity contribution in [1.82, 2.24) is 19.9 Å². The highest BCUT2D eigenvalue weighted by Crippen LogP contribution is 2.33. The SMILES string of the molecule is COc1cc(OC)nc(Oc2cccc(Oc3nc(OC)cc(OC)n3)c2C=O)n1. The predicted octanol–water partition coefficient (Wildman–Crippen LogP) is 2.70. The molecule has 0 radical (unpaired) electrons. The molecule has 0 saturated heterocycles. The van der Waals surface area contributed by atoms with Crippen LogP contribution in [0.4, 0.5) is 0 Å². The van der Waals surface area contributed by atoms with Crippen LogP contribution >= 0.6 is 0 Å².